The maximum absolute atomic E-state index is 12.2. The molecular formula is C15H14BrNO2S2. The third-order valence-electron chi connectivity index (χ3n) is 3.29. The van der Waals surface area contributed by atoms with Crippen molar-refractivity contribution in [2.75, 3.05) is 6.61 Å². The van der Waals surface area contributed by atoms with Gasteiger partial charge in [0.25, 0.3) is 0 Å². The number of aryl methyl sites for hydroxylation is 1. The van der Waals surface area contributed by atoms with Crippen molar-refractivity contribution in [1.29, 1.82) is 0 Å². The molecule has 3 nitrogen and oxygen atoms in total. The molecule has 0 aromatic carbocycles. The van der Waals surface area contributed by atoms with E-state index < -0.39 is 0 Å². The van der Waals surface area contributed by atoms with Crippen molar-refractivity contribution in [1.82, 2.24) is 0 Å². The van der Waals surface area contributed by atoms with Crippen LogP contribution in [-0.2, 0) is 17.6 Å². The minimum atomic E-state index is -0.239. The van der Waals surface area contributed by atoms with Crippen molar-refractivity contribution in [2.45, 2.75) is 26.2 Å². The van der Waals surface area contributed by atoms with Gasteiger partial charge in [0, 0.05) is 16.0 Å². The summed E-state index contributed by atoms with van der Waals surface area (Å²) in [6, 6.07) is 4.00. The Morgan fingerprint density at radius 2 is 2.29 bits per heavy atom. The number of aliphatic imine (C=N–C) groups is 1. The summed E-state index contributed by atoms with van der Waals surface area (Å²) in [5, 5.41) is 0.780. The van der Waals surface area contributed by atoms with Gasteiger partial charge in [-0.2, -0.15) is 0 Å². The third-order valence-corrected chi connectivity index (χ3v) is 6.04. The fourth-order valence-corrected chi connectivity index (χ4v) is 4.93. The zero-order chi connectivity index (χ0) is 14.8. The van der Waals surface area contributed by atoms with Crippen LogP contribution >= 0.6 is 38.6 Å². The number of nitrogens with zero attached hydrogens (tertiary/aromatic N) is 1. The zero-order valence-corrected chi connectivity index (χ0v) is 14.7. The highest BCUT2D eigenvalue weighted by atomic mass is 79.9. The molecule has 1 aliphatic carbocycles. The number of ether oxygens (including phenoxy) is 1. The molecule has 0 saturated carbocycles. The fraction of sp³-hybridized carbons (Fsp3) is 0.333. The number of carbonyl (C=O) groups is 1. The van der Waals surface area contributed by atoms with Crippen LogP contribution in [0.15, 0.2) is 20.9 Å². The van der Waals surface area contributed by atoms with Crippen molar-refractivity contribution in [3.63, 3.8) is 0 Å². The second-order valence-corrected chi connectivity index (χ2v) is 8.24. The minimum absolute atomic E-state index is 0.239. The van der Waals surface area contributed by atoms with E-state index in [4.69, 9.17) is 4.74 Å². The van der Waals surface area contributed by atoms with E-state index in [0.717, 1.165) is 38.5 Å². The lowest BCUT2D eigenvalue weighted by Gasteiger charge is -2.03. The van der Waals surface area contributed by atoms with E-state index in [9.17, 15) is 4.79 Å². The predicted octanol–water partition coefficient (Wildman–Crippen LogP) is 4.99. The van der Waals surface area contributed by atoms with Gasteiger partial charge in [-0.05, 0) is 59.8 Å². The lowest BCUT2D eigenvalue weighted by molar-refractivity contribution is 0.0527. The molecule has 1 aliphatic rings. The van der Waals surface area contributed by atoms with E-state index in [1.165, 1.54) is 4.88 Å². The first-order valence-corrected chi connectivity index (χ1v) is 9.22. The molecule has 0 aliphatic heterocycles. The van der Waals surface area contributed by atoms with Gasteiger partial charge >= 0.3 is 5.97 Å². The lowest BCUT2D eigenvalue weighted by Crippen LogP contribution is -2.06. The maximum Gasteiger partial charge on any atom is 0.341 e. The van der Waals surface area contributed by atoms with E-state index in [0.29, 0.717) is 12.2 Å². The Bertz CT molecular complexity index is 703. The number of esters is 1. The van der Waals surface area contributed by atoms with Crippen LogP contribution in [0.4, 0.5) is 5.00 Å². The summed E-state index contributed by atoms with van der Waals surface area (Å²) in [5.41, 5.74) is 1.83. The largest absolute Gasteiger partial charge is 0.462 e. The zero-order valence-electron chi connectivity index (χ0n) is 11.5. The first-order valence-electron chi connectivity index (χ1n) is 6.80. The van der Waals surface area contributed by atoms with Crippen molar-refractivity contribution < 1.29 is 9.53 Å². The summed E-state index contributed by atoms with van der Waals surface area (Å²) in [6.07, 6.45) is 4.95. The molecule has 21 heavy (non-hydrogen) atoms. The van der Waals surface area contributed by atoms with Gasteiger partial charge in [0.1, 0.15) is 5.00 Å². The van der Waals surface area contributed by atoms with Gasteiger partial charge < -0.3 is 4.74 Å². The number of rotatable bonds is 4. The Kier molecular flexibility index (Phi) is 4.57. The smallest absolute Gasteiger partial charge is 0.341 e. The maximum atomic E-state index is 12.2. The second kappa shape index (κ2) is 6.42. The molecule has 0 spiro atoms. The van der Waals surface area contributed by atoms with Crippen molar-refractivity contribution >= 4 is 55.8 Å². The number of carbonyl (C=O) groups excluding carboxylic acids is 1. The summed E-state index contributed by atoms with van der Waals surface area (Å²) >= 11 is 6.68. The molecule has 6 heteroatoms. The number of halogens is 1. The van der Waals surface area contributed by atoms with Gasteiger partial charge in [0.15, 0.2) is 0 Å². The number of hydrogen-bond donors (Lipinski definition) is 0. The summed E-state index contributed by atoms with van der Waals surface area (Å²) in [5.74, 6) is -0.239. The molecule has 0 atom stereocenters. The Hall–Kier alpha value is -0.980. The Labute approximate surface area is 139 Å². The summed E-state index contributed by atoms with van der Waals surface area (Å²) in [7, 11) is 0. The highest BCUT2D eigenvalue weighted by Gasteiger charge is 2.27. The number of hydrogen-bond acceptors (Lipinski definition) is 5. The summed E-state index contributed by atoms with van der Waals surface area (Å²) < 4.78 is 6.27. The average Bonchev–Trinajstić information content (AvgIpc) is 3.11. The van der Waals surface area contributed by atoms with E-state index in [2.05, 4.69) is 20.9 Å². The standard InChI is InChI=1S/C15H14BrNO2S2/c1-2-19-15(18)13-10-4-3-5-11(10)21-14(13)17-8-9-6-7-12(16)20-9/h6-8H,2-5H2,1H3. The normalized spacial score (nSPS) is 13.8. The molecule has 0 unspecified atom stereocenters. The second-order valence-electron chi connectivity index (χ2n) is 4.66. The summed E-state index contributed by atoms with van der Waals surface area (Å²) in [6.45, 7) is 2.22. The molecule has 0 fully saturated rings. The van der Waals surface area contributed by atoms with Gasteiger partial charge in [0.05, 0.1) is 16.0 Å². The monoisotopic (exact) mass is 383 g/mol. The highest BCUT2D eigenvalue weighted by molar-refractivity contribution is 9.11. The van der Waals surface area contributed by atoms with Crippen LogP contribution in [0.5, 0.6) is 0 Å². The van der Waals surface area contributed by atoms with Crippen LogP contribution in [-0.4, -0.2) is 18.8 Å². The quantitative estimate of drug-likeness (QED) is 0.550. The molecule has 2 heterocycles. The van der Waals surface area contributed by atoms with Crippen LogP contribution in [0.3, 0.4) is 0 Å². The van der Waals surface area contributed by atoms with Crippen LogP contribution in [0.25, 0.3) is 0 Å². The van der Waals surface area contributed by atoms with Crippen molar-refractivity contribution in [3.05, 3.63) is 36.8 Å². The van der Waals surface area contributed by atoms with E-state index in [-0.39, 0.29) is 5.97 Å². The Morgan fingerprint density at radius 1 is 1.43 bits per heavy atom. The van der Waals surface area contributed by atoms with Crippen LogP contribution in [0, 0.1) is 0 Å². The SMILES string of the molecule is CCOC(=O)c1c(N=Cc2ccc(Br)s2)sc2c1CCC2. The molecule has 0 saturated heterocycles. The Balaban J connectivity index is 1.94. The van der Waals surface area contributed by atoms with Gasteiger partial charge in [-0.15, -0.1) is 22.7 Å². The molecule has 2 aromatic rings. The molecule has 0 N–H and O–H groups in total. The van der Waals surface area contributed by atoms with Crippen LogP contribution in [0.2, 0.25) is 0 Å². The molecular weight excluding hydrogens is 370 g/mol. The first kappa shape index (κ1) is 14.9. The highest BCUT2D eigenvalue weighted by Crippen LogP contribution is 2.41. The minimum Gasteiger partial charge on any atom is -0.462 e. The van der Waals surface area contributed by atoms with Crippen molar-refractivity contribution in [3.8, 4) is 0 Å². The third kappa shape index (κ3) is 3.12. The predicted molar refractivity (Wildman–Crippen MR) is 91.6 cm³/mol. The van der Waals surface area contributed by atoms with E-state index in [1.807, 2.05) is 25.3 Å². The molecule has 2 aromatic heterocycles. The van der Waals surface area contributed by atoms with Crippen LogP contribution in [0.1, 0.15) is 39.0 Å². The van der Waals surface area contributed by atoms with Gasteiger partial charge in [0.2, 0.25) is 0 Å². The van der Waals surface area contributed by atoms with E-state index in [1.54, 1.807) is 22.7 Å². The number of fused-ring (bicyclic) bond motifs is 1. The molecule has 0 bridgehead atoms. The van der Waals surface area contributed by atoms with Gasteiger partial charge in [-0.1, -0.05) is 0 Å². The van der Waals surface area contributed by atoms with Gasteiger partial charge in [-0.3, -0.25) is 0 Å². The molecule has 3 rings (SSSR count). The lowest BCUT2D eigenvalue weighted by atomic mass is 10.1. The average molecular weight is 384 g/mol. The first-order chi connectivity index (χ1) is 10.2. The van der Waals surface area contributed by atoms with E-state index >= 15 is 0 Å². The molecule has 0 radical (unpaired) electrons. The Morgan fingerprint density at radius 3 is 3.00 bits per heavy atom. The van der Waals surface area contributed by atoms with Gasteiger partial charge in [-0.25, -0.2) is 9.79 Å². The van der Waals surface area contributed by atoms with Crippen LogP contribution < -0.4 is 0 Å². The topological polar surface area (TPSA) is 38.7 Å². The van der Waals surface area contributed by atoms with Crippen molar-refractivity contribution in [2.24, 2.45) is 4.99 Å². The fourth-order valence-electron chi connectivity index (χ4n) is 2.41. The summed E-state index contributed by atoms with van der Waals surface area (Å²) in [4.78, 5) is 19.1. The molecule has 110 valence electrons. The molecule has 0 amide bonds. The number of thiophene rings is 2.